The molecule has 0 saturated carbocycles. The molecule has 21 heavy (non-hydrogen) atoms. The monoisotopic (exact) mass is 314 g/mol. The van der Waals surface area contributed by atoms with Crippen LogP contribution in [0.2, 0.25) is 0 Å². The summed E-state index contributed by atoms with van der Waals surface area (Å²) in [5, 5.41) is 5.44. The molecule has 0 spiro atoms. The fraction of sp³-hybridized carbons (Fsp3) is 0.125. The molecular weight excluding hydrogens is 300 g/mol. The number of hydrogen-bond donors (Lipinski definition) is 1. The maximum Gasteiger partial charge on any atom is 0.264 e. The topological polar surface area (TPSA) is 41.5 Å². The number of aliphatic imine (C=N–C) groups is 1. The van der Waals surface area contributed by atoms with Gasteiger partial charge in [0.1, 0.15) is 0 Å². The summed E-state index contributed by atoms with van der Waals surface area (Å²) in [7, 11) is 0. The van der Waals surface area contributed by atoms with Crippen LogP contribution in [0.25, 0.3) is 6.08 Å². The average molecular weight is 314 g/mol. The van der Waals surface area contributed by atoms with E-state index in [1.54, 1.807) is 11.3 Å². The minimum Gasteiger partial charge on any atom is -0.300 e. The minimum atomic E-state index is -0.0866. The minimum absolute atomic E-state index is 0.0866. The van der Waals surface area contributed by atoms with Crippen molar-refractivity contribution in [2.75, 3.05) is 0 Å². The van der Waals surface area contributed by atoms with Gasteiger partial charge in [-0.15, -0.1) is 11.3 Å². The Morgan fingerprint density at radius 1 is 1.19 bits per heavy atom. The summed E-state index contributed by atoms with van der Waals surface area (Å²) < 4.78 is 0. The molecule has 1 aliphatic heterocycles. The maximum atomic E-state index is 12.0. The fourth-order valence-corrected chi connectivity index (χ4v) is 3.68. The number of hydrogen-bond acceptors (Lipinski definition) is 4. The molecule has 2 heterocycles. The molecule has 1 N–H and O–H groups in total. The van der Waals surface area contributed by atoms with E-state index in [0.29, 0.717) is 10.1 Å². The van der Waals surface area contributed by atoms with Crippen molar-refractivity contribution < 1.29 is 4.79 Å². The molecule has 0 atom stereocenters. The van der Waals surface area contributed by atoms with Gasteiger partial charge in [-0.3, -0.25) is 4.79 Å². The van der Waals surface area contributed by atoms with Crippen LogP contribution in [-0.4, -0.2) is 11.1 Å². The lowest BCUT2D eigenvalue weighted by molar-refractivity contribution is -0.115. The predicted molar refractivity (Wildman–Crippen MR) is 91.0 cm³/mol. The van der Waals surface area contributed by atoms with Crippen molar-refractivity contribution >= 4 is 45.9 Å². The SMILES string of the molecule is Cc1cc(C)cc(N=C2NC(=O)/C(=C\c3cccs3)S2)c1. The molecule has 1 amide bonds. The lowest BCUT2D eigenvalue weighted by Gasteiger charge is -2.00. The van der Waals surface area contributed by atoms with E-state index in [1.165, 1.54) is 11.8 Å². The Morgan fingerprint density at radius 2 is 1.95 bits per heavy atom. The van der Waals surface area contributed by atoms with E-state index in [4.69, 9.17) is 0 Å². The van der Waals surface area contributed by atoms with E-state index >= 15 is 0 Å². The molecule has 2 aromatic rings. The van der Waals surface area contributed by atoms with Gasteiger partial charge in [0.25, 0.3) is 5.91 Å². The van der Waals surface area contributed by atoms with Gasteiger partial charge in [0, 0.05) is 4.88 Å². The second kappa shape index (κ2) is 5.87. The van der Waals surface area contributed by atoms with Crippen molar-refractivity contribution in [2.24, 2.45) is 4.99 Å². The molecule has 5 heteroatoms. The van der Waals surface area contributed by atoms with Gasteiger partial charge in [0.15, 0.2) is 5.17 Å². The summed E-state index contributed by atoms with van der Waals surface area (Å²) in [5.74, 6) is -0.0866. The zero-order chi connectivity index (χ0) is 14.8. The first kappa shape index (κ1) is 14.1. The van der Waals surface area contributed by atoms with Gasteiger partial charge in [-0.05, 0) is 66.4 Å². The number of benzene rings is 1. The van der Waals surface area contributed by atoms with E-state index in [2.05, 4.69) is 16.4 Å². The Labute approximate surface area is 131 Å². The fourth-order valence-electron chi connectivity index (χ4n) is 2.12. The van der Waals surface area contributed by atoms with Crippen LogP contribution in [-0.2, 0) is 4.79 Å². The quantitative estimate of drug-likeness (QED) is 0.842. The highest BCUT2D eigenvalue weighted by molar-refractivity contribution is 8.18. The molecular formula is C16H14N2OS2. The number of nitrogens with one attached hydrogen (secondary N) is 1. The molecule has 1 aromatic heterocycles. The third-order valence-electron chi connectivity index (χ3n) is 2.90. The molecule has 3 nitrogen and oxygen atoms in total. The van der Waals surface area contributed by atoms with Crippen molar-refractivity contribution in [3.63, 3.8) is 0 Å². The predicted octanol–water partition coefficient (Wildman–Crippen LogP) is 4.26. The molecule has 1 fully saturated rings. The Kier molecular flexibility index (Phi) is 3.94. The summed E-state index contributed by atoms with van der Waals surface area (Å²) in [6.07, 6.45) is 1.90. The number of rotatable bonds is 2. The Morgan fingerprint density at radius 3 is 2.62 bits per heavy atom. The number of carbonyl (C=O) groups is 1. The van der Waals surface area contributed by atoms with Crippen molar-refractivity contribution in [3.05, 3.63) is 56.6 Å². The molecule has 0 unspecified atom stereocenters. The largest absolute Gasteiger partial charge is 0.300 e. The van der Waals surface area contributed by atoms with Gasteiger partial charge in [0.05, 0.1) is 10.6 Å². The van der Waals surface area contributed by atoms with E-state index in [0.717, 1.165) is 21.7 Å². The Balaban J connectivity index is 1.85. The first-order valence-corrected chi connectivity index (χ1v) is 8.21. The van der Waals surface area contributed by atoms with Gasteiger partial charge in [0.2, 0.25) is 0 Å². The first-order chi connectivity index (χ1) is 10.1. The van der Waals surface area contributed by atoms with E-state index in [-0.39, 0.29) is 5.91 Å². The van der Waals surface area contributed by atoms with Crippen LogP contribution in [0.1, 0.15) is 16.0 Å². The highest BCUT2D eigenvalue weighted by Gasteiger charge is 2.23. The van der Waals surface area contributed by atoms with Crippen LogP contribution in [0.4, 0.5) is 5.69 Å². The van der Waals surface area contributed by atoms with Gasteiger partial charge in [-0.1, -0.05) is 12.1 Å². The molecule has 106 valence electrons. The molecule has 3 rings (SSSR count). The van der Waals surface area contributed by atoms with Crippen molar-refractivity contribution in [2.45, 2.75) is 13.8 Å². The van der Waals surface area contributed by atoms with Crippen LogP contribution in [0, 0.1) is 13.8 Å². The zero-order valence-corrected chi connectivity index (χ0v) is 13.3. The Hall–Kier alpha value is -1.85. The zero-order valence-electron chi connectivity index (χ0n) is 11.7. The highest BCUT2D eigenvalue weighted by atomic mass is 32.2. The first-order valence-electron chi connectivity index (χ1n) is 6.51. The summed E-state index contributed by atoms with van der Waals surface area (Å²) in [5.41, 5.74) is 3.20. The number of thioether (sulfide) groups is 1. The van der Waals surface area contributed by atoms with Crippen LogP contribution in [0.15, 0.2) is 45.6 Å². The standard InChI is InChI=1S/C16H14N2OS2/c1-10-6-11(2)8-12(7-10)17-16-18-15(19)14(21-16)9-13-4-3-5-20-13/h3-9H,1-2H3,(H,17,18,19)/b14-9+. The maximum absolute atomic E-state index is 12.0. The summed E-state index contributed by atoms with van der Waals surface area (Å²) in [6.45, 7) is 4.08. The van der Waals surface area contributed by atoms with Gasteiger partial charge < -0.3 is 5.32 Å². The number of aryl methyl sites for hydroxylation is 2. The van der Waals surface area contributed by atoms with E-state index in [1.807, 2.05) is 49.6 Å². The van der Waals surface area contributed by atoms with Gasteiger partial charge in [-0.2, -0.15) is 0 Å². The number of amidine groups is 1. The number of carbonyl (C=O) groups excluding carboxylic acids is 1. The lowest BCUT2D eigenvalue weighted by atomic mass is 10.1. The van der Waals surface area contributed by atoms with E-state index < -0.39 is 0 Å². The van der Waals surface area contributed by atoms with Crippen LogP contribution in [0.5, 0.6) is 0 Å². The van der Waals surface area contributed by atoms with Gasteiger partial charge in [-0.25, -0.2) is 4.99 Å². The van der Waals surface area contributed by atoms with Crippen molar-refractivity contribution in [1.29, 1.82) is 0 Å². The summed E-state index contributed by atoms with van der Waals surface area (Å²) in [6, 6.07) is 10.1. The molecule has 0 aliphatic carbocycles. The normalized spacial score (nSPS) is 18.5. The molecule has 1 saturated heterocycles. The number of nitrogens with zero attached hydrogens (tertiary/aromatic N) is 1. The molecule has 1 aliphatic rings. The lowest BCUT2D eigenvalue weighted by Crippen LogP contribution is -2.19. The third kappa shape index (κ3) is 3.43. The van der Waals surface area contributed by atoms with Crippen LogP contribution in [0.3, 0.4) is 0 Å². The molecule has 0 radical (unpaired) electrons. The average Bonchev–Trinajstić information content (AvgIpc) is 3.00. The molecule has 1 aromatic carbocycles. The number of amides is 1. The van der Waals surface area contributed by atoms with Crippen molar-refractivity contribution in [3.8, 4) is 0 Å². The summed E-state index contributed by atoms with van der Waals surface area (Å²) >= 11 is 2.99. The highest BCUT2D eigenvalue weighted by Crippen LogP contribution is 2.29. The van der Waals surface area contributed by atoms with Crippen molar-refractivity contribution in [1.82, 2.24) is 5.32 Å². The van der Waals surface area contributed by atoms with E-state index in [9.17, 15) is 4.79 Å². The smallest absolute Gasteiger partial charge is 0.264 e. The summed E-state index contributed by atoms with van der Waals surface area (Å²) in [4.78, 5) is 18.2. The van der Waals surface area contributed by atoms with Crippen LogP contribution < -0.4 is 5.32 Å². The second-order valence-corrected chi connectivity index (χ2v) is 6.85. The third-order valence-corrected chi connectivity index (χ3v) is 4.63. The number of thiophene rings is 1. The Bertz CT molecular complexity index is 725. The molecule has 0 bridgehead atoms. The van der Waals surface area contributed by atoms with Crippen LogP contribution >= 0.6 is 23.1 Å². The van der Waals surface area contributed by atoms with Gasteiger partial charge >= 0.3 is 0 Å². The second-order valence-electron chi connectivity index (χ2n) is 4.84.